The number of benzene rings is 2. The van der Waals surface area contributed by atoms with Crippen LogP contribution < -0.4 is 64.2 Å². The van der Waals surface area contributed by atoms with E-state index in [0.29, 0.717) is 50.0 Å². The van der Waals surface area contributed by atoms with E-state index in [0.717, 1.165) is 33.7 Å². The molecule has 4 aromatic rings. The minimum atomic E-state index is -1.42. The number of primary amides is 1. The number of nitrogens with one attached hydrogen (secondary N) is 13. The molecule has 0 aliphatic carbocycles. The van der Waals surface area contributed by atoms with Crippen LogP contribution in [0.1, 0.15) is 93.6 Å². The number of aliphatic carboxylic acids is 3. The van der Waals surface area contributed by atoms with E-state index in [2.05, 4.69) is 78.4 Å². The molecule has 2 aromatic carbocycles. The van der Waals surface area contributed by atoms with Crippen molar-refractivity contribution in [2.45, 2.75) is 127 Å². The number of halogens is 1. The second kappa shape index (κ2) is 48.7. The monoisotopic (exact) mass is 1500 g/mol. The predicted molar refractivity (Wildman–Crippen MR) is 383 cm³/mol. The molecule has 2 aromatic heterocycles. The summed E-state index contributed by atoms with van der Waals surface area (Å²) >= 11 is 6.52. The third kappa shape index (κ3) is 37.2. The van der Waals surface area contributed by atoms with E-state index < -0.39 is 95.4 Å². The minimum absolute atomic E-state index is 0.00406. The zero-order chi connectivity index (χ0) is 77.1. The Morgan fingerprint density at radius 3 is 1.50 bits per heavy atom. The molecular formula is C66H95AlFN19O17S+2. The quantitative estimate of drug-likeness (QED) is 0.0118. The summed E-state index contributed by atoms with van der Waals surface area (Å²) in [6.07, 6.45) is 7.95. The molecule has 1 saturated heterocycles. The number of aromatic nitrogens is 4. The fraction of sp³-hybridized carbons (Fsp3) is 0.515. The van der Waals surface area contributed by atoms with Crippen molar-refractivity contribution in [2.24, 2.45) is 5.73 Å². The Labute approximate surface area is 619 Å². The molecule has 0 radical (unpaired) electrons. The second-order valence-corrected chi connectivity index (χ2v) is 25.0. The van der Waals surface area contributed by atoms with Crippen LogP contribution in [0, 0.1) is 0 Å². The van der Waals surface area contributed by atoms with Gasteiger partial charge in [0.2, 0.25) is 59.1 Å². The fourth-order valence-electron chi connectivity index (χ4n) is 10.7. The third-order valence-corrected chi connectivity index (χ3v) is 16.5. The summed E-state index contributed by atoms with van der Waals surface area (Å²) in [4.78, 5) is 185. The van der Waals surface area contributed by atoms with Gasteiger partial charge in [-0.15, -0.1) is 0 Å². The fourth-order valence-corrected chi connectivity index (χ4v) is 11.0. The van der Waals surface area contributed by atoms with Crippen LogP contribution in [0.15, 0.2) is 73.6 Å². The average molecular weight is 1500 g/mol. The van der Waals surface area contributed by atoms with E-state index >= 15 is 0 Å². The number of carboxylic acids is 3. The standard InChI is InChI=1S/C66H95N19O17S.Al.FH/c1-42(78-66(103)79-45-12-8-43(9-13-45)30-48-36-84(38-60(95)96)27-26-83(37-59(93)94)28-29-85(48)39-61(97)98)63(100)81-51(7-3-5-23-71-58(92)35-75-56(90)19-17-54(88)73-25-21-47-33-69-41-77-47)64(101)82-52(31-44-10-14-49(86)15-11-44)65(102)80-50(62(67)99)6-2-4-22-70-57(91)34-74-55(89)18-16-53(87)72-24-20-46-32-68-40-76-46;;/h8-15,32-33,40-42,48,50-52,86H,2-7,16-31,34-39H2,1H3,(H2,67,99)(H,68,76)(H,69,77)(H,70,91)(H,71,92)(H,72,87)(H,73,88)(H,74,89)(H,75,90)(H,80,102)(H,81,100)(H,82,101)(H,93,94)(H,95,96)(H,97,98)(H2,78,79,103);;1H/q;+3;/p-1/t42-,48?,50-,51-,52-;;/m1../s1/i;;1-1. The number of H-pyrrole nitrogens is 2. The van der Waals surface area contributed by atoms with Crippen LogP contribution in [0.3, 0.4) is 0 Å². The first-order valence-corrected chi connectivity index (χ1v) is 34.9. The molecule has 3 heterocycles. The number of nitrogens with zero attached hydrogens (tertiary/aromatic N) is 5. The first-order valence-electron chi connectivity index (χ1n) is 34.0. The molecule has 19 N–H and O–H groups in total. The number of phenols is 1. The van der Waals surface area contributed by atoms with E-state index in [1.807, 2.05) is 0 Å². The number of amides is 10. The van der Waals surface area contributed by atoms with Gasteiger partial charge in [-0.2, -0.15) is 0 Å². The Morgan fingerprint density at radius 2 is 1.00 bits per heavy atom. The number of aromatic hydroxyl groups is 1. The van der Waals surface area contributed by atoms with Crippen LogP contribution in [-0.2, 0) is 88.0 Å². The zero-order valence-electron chi connectivity index (χ0n) is 58.4. The first kappa shape index (κ1) is 87.2. The number of carbonyl (C=O) groups excluding carboxylic acids is 10. The van der Waals surface area contributed by atoms with Gasteiger partial charge >= 0.3 is 38.2 Å². The van der Waals surface area contributed by atoms with Crippen molar-refractivity contribution < 1.29 is 86.3 Å². The number of hydrogen-bond acceptors (Lipinski definition) is 20. The Bertz CT molecular complexity index is 3460. The number of hydrogen-bond donors (Lipinski definition) is 18. The average Bonchev–Trinajstić information content (AvgIpc) is 1.59. The molecule has 1 aliphatic rings. The molecule has 1 fully saturated rings. The van der Waals surface area contributed by atoms with Gasteiger partial charge in [-0.25, -0.2) is 9.97 Å². The van der Waals surface area contributed by atoms with Crippen molar-refractivity contribution in [1.82, 2.24) is 87.8 Å². The van der Waals surface area contributed by atoms with Gasteiger partial charge < -0.3 is 94.6 Å². The van der Waals surface area contributed by atoms with Crippen LogP contribution in [-0.4, -0.2) is 276 Å². The van der Waals surface area contributed by atoms with Crippen LogP contribution >= 0.6 is 12.2 Å². The molecule has 105 heavy (non-hydrogen) atoms. The van der Waals surface area contributed by atoms with Gasteiger partial charge in [0.1, 0.15) is 29.9 Å². The van der Waals surface area contributed by atoms with Crippen LogP contribution in [0.2, 0.25) is 0 Å². The normalized spacial score (nSPS) is 14.3. The Hall–Kier alpha value is -10.2. The van der Waals surface area contributed by atoms with Crippen molar-refractivity contribution in [3.05, 3.63) is 96.1 Å². The van der Waals surface area contributed by atoms with Crippen LogP contribution in [0.25, 0.3) is 0 Å². The van der Waals surface area contributed by atoms with Crippen molar-refractivity contribution in [3.63, 3.8) is 0 Å². The summed E-state index contributed by atoms with van der Waals surface area (Å²) in [6.45, 7) is 1.65. The summed E-state index contributed by atoms with van der Waals surface area (Å²) in [5.41, 5.74) is 9.14. The molecular weight excluding hydrogens is 1410 g/mol. The van der Waals surface area contributed by atoms with E-state index in [1.165, 1.54) is 43.8 Å². The SMILES string of the molecule is C[C@@H](NC(=S)Nc1ccc(CC2CN(CC(=O)O)CCN(CC(=O)O)CCN2CC(=O)O)cc1)C(=O)N[C@H](CCCCNC(=O)CNC(=O)CCC(=O)NCCc1cnc[nH]1)C(=O)N[C@H](Cc1ccc(O)cc1)C(=O)N[C@H](CCCCNC(=O)CNC(=O)CCC(=O)NCCc1cnc[nH]1)C(N)=O.[18F][Al+2]. The molecule has 5 rings (SSSR count). The van der Waals surface area contributed by atoms with Crippen LogP contribution in [0.5, 0.6) is 5.75 Å². The zero-order valence-corrected chi connectivity index (χ0v) is 60.4. The maximum atomic E-state index is 14.6. The molecule has 36 nitrogen and oxygen atoms in total. The van der Waals surface area contributed by atoms with Crippen molar-refractivity contribution in [2.75, 3.05) is 96.9 Å². The molecule has 0 saturated carbocycles. The van der Waals surface area contributed by atoms with Crippen molar-refractivity contribution in [3.8, 4) is 5.75 Å². The van der Waals surface area contributed by atoms with Gasteiger partial charge in [0.15, 0.2) is 5.11 Å². The van der Waals surface area contributed by atoms with Gasteiger partial charge in [0, 0.05) is 139 Å². The number of thiocarbonyl (C=S) groups is 1. The Morgan fingerprint density at radius 1 is 0.552 bits per heavy atom. The number of rotatable bonds is 45. The van der Waals surface area contributed by atoms with Gasteiger partial charge in [0.05, 0.1) is 45.4 Å². The number of carbonyl (C=O) groups is 13. The molecule has 5 atom stereocenters. The van der Waals surface area contributed by atoms with Gasteiger partial charge in [-0.1, -0.05) is 24.3 Å². The summed E-state index contributed by atoms with van der Waals surface area (Å²) in [5, 5.41) is 68.7. The van der Waals surface area contributed by atoms with E-state index in [1.54, 1.807) is 51.4 Å². The van der Waals surface area contributed by atoms with Crippen LogP contribution in [0.4, 0.5) is 9.21 Å². The number of anilines is 1. The molecule has 0 spiro atoms. The van der Waals surface area contributed by atoms with Gasteiger partial charge in [-0.3, -0.25) is 77.0 Å². The number of carboxylic acid groups (broad SMARTS) is 3. The van der Waals surface area contributed by atoms with E-state index in [9.17, 15) is 86.3 Å². The number of unbranched alkanes of at least 4 members (excludes halogenated alkanes) is 2. The first-order chi connectivity index (χ1) is 50.3. The predicted octanol–water partition coefficient (Wildman–Crippen LogP) is -3.10. The van der Waals surface area contributed by atoms with E-state index in [4.69, 9.17) is 18.0 Å². The molecule has 39 heteroatoms. The molecule has 10 amide bonds. The Kier molecular flexibility index (Phi) is 40.4. The second-order valence-electron chi connectivity index (χ2n) is 24.6. The van der Waals surface area contributed by atoms with Gasteiger partial charge in [-0.05, 0) is 99.5 Å². The van der Waals surface area contributed by atoms with Gasteiger partial charge in [0.25, 0.3) is 0 Å². The molecule has 1 aliphatic heterocycles. The molecule has 0 bridgehead atoms. The summed E-state index contributed by atoms with van der Waals surface area (Å²) < 4.78 is 9.42. The third-order valence-electron chi connectivity index (χ3n) is 16.3. The topological polar surface area (TPSA) is 528 Å². The summed E-state index contributed by atoms with van der Waals surface area (Å²) in [6, 6.07) is 7.03. The Balaban J connectivity index is 0.0000116. The molecule has 570 valence electrons. The summed E-state index contributed by atoms with van der Waals surface area (Å²) in [5.74, 6) is -9.45. The summed E-state index contributed by atoms with van der Waals surface area (Å²) in [7, 11) is 0. The van der Waals surface area contributed by atoms with E-state index in [-0.39, 0.29) is 165 Å². The molecule has 1 unspecified atom stereocenters. The number of imidazole rings is 2. The number of nitrogens with two attached hydrogens (primary N) is 1. The van der Waals surface area contributed by atoms with Crippen molar-refractivity contribution >= 4 is 117 Å². The maximum absolute atomic E-state index is 14.6. The number of phenolic OH excluding ortho intramolecular Hbond substituents is 1. The number of aromatic amines is 2. The van der Waals surface area contributed by atoms with Crippen molar-refractivity contribution in [1.29, 1.82) is 0 Å².